The third kappa shape index (κ3) is 3.13. The van der Waals surface area contributed by atoms with Gasteiger partial charge in [0.2, 0.25) is 0 Å². The van der Waals surface area contributed by atoms with E-state index in [4.69, 9.17) is 0 Å². The van der Waals surface area contributed by atoms with E-state index < -0.39 is 6.10 Å². The number of aliphatic hydroxyl groups is 1. The van der Waals surface area contributed by atoms with Gasteiger partial charge in [0.25, 0.3) is 0 Å². The van der Waals surface area contributed by atoms with Crippen molar-refractivity contribution in [2.24, 2.45) is 0 Å². The molecule has 2 rings (SSSR count). The van der Waals surface area contributed by atoms with Gasteiger partial charge in [0.1, 0.15) is 6.33 Å². The molecule has 0 spiro atoms. The zero-order valence-electron chi connectivity index (χ0n) is 8.90. The summed E-state index contributed by atoms with van der Waals surface area (Å²) in [6.45, 7) is 0.444. The van der Waals surface area contributed by atoms with E-state index in [0.717, 1.165) is 6.42 Å². The predicted octanol–water partition coefficient (Wildman–Crippen LogP) is 0.667. The number of aliphatic hydroxyl groups excluding tert-OH is 1. The monoisotopic (exact) mass is 218 g/mol. The Morgan fingerprint density at radius 1 is 1.25 bits per heavy atom. The average molecular weight is 218 g/mol. The van der Waals surface area contributed by atoms with Crippen LogP contribution in [0.2, 0.25) is 0 Å². The summed E-state index contributed by atoms with van der Waals surface area (Å²) in [6, 6.07) is 10.1. The van der Waals surface area contributed by atoms with Gasteiger partial charge in [-0.3, -0.25) is 0 Å². The van der Waals surface area contributed by atoms with Gasteiger partial charge >= 0.3 is 0 Å². The quantitative estimate of drug-likeness (QED) is 0.801. The topological polar surface area (TPSA) is 63.8 Å². The molecule has 1 aromatic carbocycles. The summed E-state index contributed by atoms with van der Waals surface area (Å²) in [5.74, 6) is 0. The Labute approximate surface area is 93.7 Å². The summed E-state index contributed by atoms with van der Waals surface area (Å²) in [5.41, 5.74) is 1.23. The minimum atomic E-state index is -0.413. The van der Waals surface area contributed by atoms with E-state index in [0.29, 0.717) is 13.0 Å². The van der Waals surface area contributed by atoms with Crippen LogP contribution in [0.15, 0.2) is 36.7 Å². The SMILES string of the molecule is OC(CCc1ccccc1)Cn1cnnn1. The lowest BCUT2D eigenvalue weighted by atomic mass is 10.1. The Morgan fingerprint density at radius 2 is 2.06 bits per heavy atom. The van der Waals surface area contributed by atoms with E-state index in [1.165, 1.54) is 16.6 Å². The zero-order chi connectivity index (χ0) is 11.2. The summed E-state index contributed by atoms with van der Waals surface area (Å²) in [5, 5.41) is 20.5. The van der Waals surface area contributed by atoms with Crippen LogP contribution >= 0.6 is 0 Å². The second-order valence-electron chi connectivity index (χ2n) is 3.71. The van der Waals surface area contributed by atoms with E-state index in [1.807, 2.05) is 18.2 Å². The minimum Gasteiger partial charge on any atom is -0.391 e. The fraction of sp³-hybridized carbons (Fsp3) is 0.364. The van der Waals surface area contributed by atoms with Crippen molar-refractivity contribution in [1.29, 1.82) is 0 Å². The number of aromatic nitrogens is 4. The lowest BCUT2D eigenvalue weighted by molar-refractivity contribution is 0.139. The van der Waals surface area contributed by atoms with E-state index in [-0.39, 0.29) is 0 Å². The van der Waals surface area contributed by atoms with Crippen molar-refractivity contribution < 1.29 is 5.11 Å². The van der Waals surface area contributed by atoms with Crippen molar-refractivity contribution in [2.75, 3.05) is 0 Å². The van der Waals surface area contributed by atoms with Crippen molar-refractivity contribution in [3.05, 3.63) is 42.2 Å². The summed E-state index contributed by atoms with van der Waals surface area (Å²) < 4.78 is 1.54. The van der Waals surface area contributed by atoms with Crippen molar-refractivity contribution in [1.82, 2.24) is 20.2 Å². The number of hydrogen-bond acceptors (Lipinski definition) is 4. The van der Waals surface area contributed by atoms with Crippen LogP contribution in [0, 0.1) is 0 Å². The highest BCUT2D eigenvalue weighted by Crippen LogP contribution is 2.05. The lowest BCUT2D eigenvalue weighted by Gasteiger charge is -2.09. The third-order valence-corrected chi connectivity index (χ3v) is 2.40. The number of tetrazole rings is 1. The number of nitrogens with zero attached hydrogens (tertiary/aromatic N) is 4. The second-order valence-corrected chi connectivity index (χ2v) is 3.71. The fourth-order valence-electron chi connectivity index (χ4n) is 1.55. The molecule has 0 aliphatic carbocycles. The zero-order valence-corrected chi connectivity index (χ0v) is 8.90. The molecule has 0 saturated heterocycles. The molecule has 0 fully saturated rings. The molecule has 0 radical (unpaired) electrons. The van der Waals surface area contributed by atoms with Crippen molar-refractivity contribution in [3.8, 4) is 0 Å². The van der Waals surface area contributed by atoms with Gasteiger partial charge in [0, 0.05) is 0 Å². The first kappa shape index (κ1) is 10.8. The van der Waals surface area contributed by atoms with Gasteiger partial charge in [-0.05, 0) is 28.8 Å². The number of aryl methyl sites for hydroxylation is 1. The highest BCUT2D eigenvalue weighted by Gasteiger charge is 2.06. The molecule has 0 bridgehead atoms. The van der Waals surface area contributed by atoms with Crippen molar-refractivity contribution >= 4 is 0 Å². The van der Waals surface area contributed by atoms with Crippen molar-refractivity contribution in [2.45, 2.75) is 25.5 Å². The highest BCUT2D eigenvalue weighted by atomic mass is 16.3. The van der Waals surface area contributed by atoms with Gasteiger partial charge in [0.05, 0.1) is 12.6 Å². The molecular weight excluding hydrogens is 204 g/mol. The van der Waals surface area contributed by atoms with Crippen LogP contribution < -0.4 is 0 Å². The maximum atomic E-state index is 9.77. The molecule has 1 aromatic heterocycles. The molecule has 84 valence electrons. The van der Waals surface area contributed by atoms with Crippen LogP contribution in [0.25, 0.3) is 0 Å². The number of hydrogen-bond donors (Lipinski definition) is 1. The van der Waals surface area contributed by atoms with Crippen LogP contribution in [0.4, 0.5) is 0 Å². The van der Waals surface area contributed by atoms with Crippen LogP contribution in [0.3, 0.4) is 0 Å². The molecule has 0 saturated carbocycles. The van der Waals surface area contributed by atoms with Gasteiger partial charge in [-0.15, -0.1) is 5.10 Å². The average Bonchev–Trinajstić information content (AvgIpc) is 2.81. The normalized spacial score (nSPS) is 12.6. The molecule has 1 unspecified atom stereocenters. The Balaban J connectivity index is 1.78. The molecule has 16 heavy (non-hydrogen) atoms. The Kier molecular flexibility index (Phi) is 3.61. The van der Waals surface area contributed by atoms with Gasteiger partial charge in [0.15, 0.2) is 0 Å². The smallest absolute Gasteiger partial charge is 0.138 e. The highest BCUT2D eigenvalue weighted by molar-refractivity contribution is 5.14. The molecule has 2 aromatic rings. The van der Waals surface area contributed by atoms with Crippen molar-refractivity contribution in [3.63, 3.8) is 0 Å². The van der Waals surface area contributed by atoms with Gasteiger partial charge < -0.3 is 5.11 Å². The molecule has 1 N–H and O–H groups in total. The molecule has 5 nitrogen and oxygen atoms in total. The van der Waals surface area contributed by atoms with Crippen LogP contribution in [0.5, 0.6) is 0 Å². The molecule has 0 aliphatic rings. The third-order valence-electron chi connectivity index (χ3n) is 2.40. The summed E-state index contributed by atoms with van der Waals surface area (Å²) >= 11 is 0. The summed E-state index contributed by atoms with van der Waals surface area (Å²) in [4.78, 5) is 0. The van der Waals surface area contributed by atoms with Crippen LogP contribution in [0.1, 0.15) is 12.0 Å². The molecule has 0 amide bonds. The first-order valence-corrected chi connectivity index (χ1v) is 5.27. The fourth-order valence-corrected chi connectivity index (χ4v) is 1.55. The minimum absolute atomic E-state index is 0.413. The first-order chi connectivity index (χ1) is 7.84. The number of benzene rings is 1. The summed E-state index contributed by atoms with van der Waals surface area (Å²) in [6.07, 6.45) is 2.67. The largest absolute Gasteiger partial charge is 0.391 e. The Morgan fingerprint density at radius 3 is 2.75 bits per heavy atom. The first-order valence-electron chi connectivity index (χ1n) is 5.27. The summed E-state index contributed by atoms with van der Waals surface area (Å²) in [7, 11) is 0. The van der Waals surface area contributed by atoms with Gasteiger partial charge in [-0.2, -0.15) is 0 Å². The van der Waals surface area contributed by atoms with Gasteiger partial charge in [-0.1, -0.05) is 30.3 Å². The molecule has 1 heterocycles. The van der Waals surface area contributed by atoms with E-state index in [1.54, 1.807) is 0 Å². The second kappa shape index (κ2) is 5.37. The van der Waals surface area contributed by atoms with E-state index in [9.17, 15) is 5.11 Å². The van der Waals surface area contributed by atoms with Gasteiger partial charge in [-0.25, -0.2) is 4.68 Å². The lowest BCUT2D eigenvalue weighted by Crippen LogP contribution is -2.17. The van der Waals surface area contributed by atoms with E-state index in [2.05, 4.69) is 27.7 Å². The molecule has 0 aliphatic heterocycles. The Bertz CT molecular complexity index is 401. The molecule has 1 atom stereocenters. The standard InChI is InChI=1S/C11H14N4O/c16-11(8-15-9-12-13-14-15)7-6-10-4-2-1-3-5-10/h1-5,9,11,16H,6-8H2. The molecular formula is C11H14N4O. The van der Waals surface area contributed by atoms with E-state index >= 15 is 0 Å². The molecule has 5 heteroatoms. The predicted molar refractivity (Wildman–Crippen MR) is 58.6 cm³/mol. The van der Waals surface area contributed by atoms with Crippen LogP contribution in [-0.2, 0) is 13.0 Å². The maximum absolute atomic E-state index is 9.77. The Hall–Kier alpha value is -1.75. The maximum Gasteiger partial charge on any atom is 0.138 e. The number of rotatable bonds is 5. The van der Waals surface area contributed by atoms with Crippen LogP contribution in [-0.4, -0.2) is 31.4 Å².